The molecular weight excluding hydrogens is 380 g/mol. The summed E-state index contributed by atoms with van der Waals surface area (Å²) in [4.78, 5) is 2.33. The lowest BCUT2D eigenvalue weighted by atomic mass is 9.53. The number of nitrogens with one attached hydrogen (secondary N) is 1. The normalized spacial score (nSPS) is 29.0. The van der Waals surface area contributed by atoms with Crippen LogP contribution in [0, 0.1) is 17.8 Å². The fourth-order valence-electron chi connectivity index (χ4n) is 6.73. The Balaban J connectivity index is 1.17. The van der Waals surface area contributed by atoms with E-state index in [-0.39, 0.29) is 0 Å². The monoisotopic (exact) mass is 416 g/mol. The van der Waals surface area contributed by atoms with E-state index in [2.05, 4.69) is 70.7 Å². The van der Waals surface area contributed by atoms with Gasteiger partial charge in [0.15, 0.2) is 0 Å². The second kappa shape index (κ2) is 8.74. The molecule has 1 N–H and O–H groups in total. The van der Waals surface area contributed by atoms with Crippen LogP contribution in [0.4, 0.5) is 17.1 Å². The molecule has 0 amide bonds. The van der Waals surface area contributed by atoms with Crippen LogP contribution < -0.4 is 10.2 Å². The van der Waals surface area contributed by atoms with E-state index in [0.29, 0.717) is 5.54 Å². The molecular formula is C27H36N4. The van der Waals surface area contributed by atoms with Crippen LogP contribution in [0.3, 0.4) is 0 Å². The first-order valence-corrected chi connectivity index (χ1v) is 12.3. The van der Waals surface area contributed by atoms with Gasteiger partial charge in [-0.25, -0.2) is 0 Å². The highest BCUT2D eigenvalue weighted by atomic mass is 15.1. The Morgan fingerprint density at radius 3 is 1.74 bits per heavy atom. The van der Waals surface area contributed by atoms with Crippen LogP contribution in [0.15, 0.2) is 58.8 Å². The molecule has 4 bridgehead atoms. The fraction of sp³-hybridized carbons (Fsp3) is 0.556. The smallest absolute Gasteiger partial charge is 0.0858 e. The van der Waals surface area contributed by atoms with E-state index < -0.39 is 0 Å². The average molecular weight is 417 g/mol. The molecule has 4 saturated carbocycles. The van der Waals surface area contributed by atoms with Crippen LogP contribution in [0.25, 0.3) is 0 Å². The Morgan fingerprint density at radius 2 is 1.26 bits per heavy atom. The molecule has 0 spiro atoms. The van der Waals surface area contributed by atoms with Crippen LogP contribution in [-0.4, -0.2) is 18.6 Å². The number of azo groups is 1. The maximum atomic E-state index is 4.44. The van der Waals surface area contributed by atoms with Crippen molar-refractivity contribution in [1.82, 2.24) is 5.32 Å². The van der Waals surface area contributed by atoms with E-state index in [4.69, 9.17) is 0 Å². The Bertz CT molecular complexity index is 861. The minimum absolute atomic E-state index is 0.421. The van der Waals surface area contributed by atoms with E-state index in [1.54, 1.807) is 0 Å². The molecule has 4 aliphatic rings. The van der Waals surface area contributed by atoms with E-state index in [9.17, 15) is 0 Å². The van der Waals surface area contributed by atoms with Gasteiger partial charge in [0.1, 0.15) is 0 Å². The highest BCUT2D eigenvalue weighted by Gasteiger charge is 2.50. The number of hydrogen-bond acceptors (Lipinski definition) is 4. The average Bonchev–Trinajstić information content (AvgIpc) is 2.78. The molecule has 4 heteroatoms. The fourth-order valence-corrected chi connectivity index (χ4v) is 6.73. The first kappa shape index (κ1) is 20.7. The molecule has 4 aliphatic carbocycles. The minimum Gasteiger partial charge on any atom is -0.372 e. The number of nitrogens with zero attached hydrogens (tertiary/aromatic N) is 3. The lowest BCUT2D eigenvalue weighted by Crippen LogP contribution is -2.58. The van der Waals surface area contributed by atoms with E-state index in [0.717, 1.165) is 48.8 Å². The molecule has 0 saturated heterocycles. The molecule has 31 heavy (non-hydrogen) atoms. The van der Waals surface area contributed by atoms with Gasteiger partial charge >= 0.3 is 0 Å². The topological polar surface area (TPSA) is 40.0 Å². The SMILES string of the molecule is CCN(CC)c1ccc(N=Nc2ccc(CNC34CC5CC(CC(C5)C3)C4)cc2)cc1. The van der Waals surface area contributed by atoms with Crippen molar-refractivity contribution in [3.05, 3.63) is 54.1 Å². The second-order valence-electron chi connectivity index (χ2n) is 10.1. The maximum Gasteiger partial charge on any atom is 0.0858 e. The van der Waals surface area contributed by atoms with Crippen molar-refractivity contribution in [2.75, 3.05) is 18.0 Å². The van der Waals surface area contributed by atoms with Crippen LogP contribution in [0.2, 0.25) is 0 Å². The highest BCUT2D eigenvalue weighted by Crippen LogP contribution is 2.55. The van der Waals surface area contributed by atoms with Crippen molar-refractivity contribution in [3.8, 4) is 0 Å². The first-order valence-electron chi connectivity index (χ1n) is 12.3. The largest absolute Gasteiger partial charge is 0.372 e. The van der Waals surface area contributed by atoms with Crippen molar-refractivity contribution in [1.29, 1.82) is 0 Å². The number of benzene rings is 2. The zero-order valence-corrected chi connectivity index (χ0v) is 19.1. The summed E-state index contributed by atoms with van der Waals surface area (Å²) in [6.07, 6.45) is 8.70. The van der Waals surface area contributed by atoms with Crippen molar-refractivity contribution >= 4 is 17.1 Å². The molecule has 6 rings (SSSR count). The van der Waals surface area contributed by atoms with Gasteiger partial charge < -0.3 is 10.2 Å². The first-order chi connectivity index (χ1) is 15.1. The summed E-state index contributed by atoms with van der Waals surface area (Å²) >= 11 is 0. The van der Waals surface area contributed by atoms with Crippen LogP contribution >= 0.6 is 0 Å². The quantitative estimate of drug-likeness (QED) is 0.470. The van der Waals surface area contributed by atoms with Gasteiger partial charge in [-0.2, -0.15) is 10.2 Å². The summed E-state index contributed by atoms with van der Waals surface area (Å²) in [5, 5.41) is 12.8. The van der Waals surface area contributed by atoms with E-state index >= 15 is 0 Å². The Kier molecular flexibility index (Phi) is 5.83. The molecule has 164 valence electrons. The van der Waals surface area contributed by atoms with Crippen molar-refractivity contribution in [2.24, 2.45) is 28.0 Å². The molecule has 2 aromatic carbocycles. The molecule has 2 aromatic rings. The summed E-state index contributed by atoms with van der Waals surface area (Å²) < 4.78 is 0. The molecule has 4 nitrogen and oxygen atoms in total. The van der Waals surface area contributed by atoms with Crippen molar-refractivity contribution < 1.29 is 0 Å². The molecule has 0 radical (unpaired) electrons. The van der Waals surface area contributed by atoms with Gasteiger partial charge in [0.2, 0.25) is 0 Å². The van der Waals surface area contributed by atoms with Gasteiger partial charge in [-0.05, 0) is 112 Å². The Morgan fingerprint density at radius 1 is 0.774 bits per heavy atom. The molecule has 0 aromatic heterocycles. The summed E-state index contributed by atoms with van der Waals surface area (Å²) in [5.74, 6) is 2.97. The molecule has 0 atom stereocenters. The zero-order chi connectivity index (χ0) is 21.3. The van der Waals surface area contributed by atoms with Crippen LogP contribution in [-0.2, 0) is 6.54 Å². The minimum atomic E-state index is 0.421. The number of anilines is 1. The third-order valence-electron chi connectivity index (χ3n) is 7.90. The van der Waals surface area contributed by atoms with Gasteiger partial charge in [-0.1, -0.05) is 12.1 Å². The van der Waals surface area contributed by atoms with Gasteiger partial charge in [0, 0.05) is 30.9 Å². The number of rotatable bonds is 8. The van der Waals surface area contributed by atoms with Crippen LogP contribution in [0.1, 0.15) is 57.9 Å². The lowest BCUT2D eigenvalue weighted by Gasteiger charge is -2.57. The second-order valence-corrected chi connectivity index (χ2v) is 10.1. The predicted octanol–water partition coefficient (Wildman–Crippen LogP) is 7.01. The van der Waals surface area contributed by atoms with Gasteiger partial charge in [0.25, 0.3) is 0 Å². The highest BCUT2D eigenvalue weighted by molar-refractivity contribution is 5.52. The van der Waals surface area contributed by atoms with Crippen molar-refractivity contribution in [3.63, 3.8) is 0 Å². The Labute approximate surface area is 187 Å². The summed E-state index contributed by atoms with van der Waals surface area (Å²) in [6.45, 7) is 7.36. The summed E-state index contributed by atoms with van der Waals surface area (Å²) in [6, 6.07) is 16.9. The molecule has 4 fully saturated rings. The summed E-state index contributed by atoms with van der Waals surface area (Å²) in [7, 11) is 0. The van der Waals surface area contributed by atoms with E-state index in [1.165, 1.54) is 49.8 Å². The van der Waals surface area contributed by atoms with Gasteiger partial charge in [-0.3, -0.25) is 0 Å². The van der Waals surface area contributed by atoms with Crippen LogP contribution in [0.5, 0.6) is 0 Å². The van der Waals surface area contributed by atoms with Gasteiger partial charge in [-0.15, -0.1) is 0 Å². The lowest BCUT2D eigenvalue weighted by molar-refractivity contribution is -0.0206. The third-order valence-corrected chi connectivity index (χ3v) is 7.90. The molecule has 0 heterocycles. The molecule has 0 aliphatic heterocycles. The Hall–Kier alpha value is -2.20. The number of hydrogen-bond donors (Lipinski definition) is 1. The van der Waals surface area contributed by atoms with Crippen molar-refractivity contribution in [2.45, 2.75) is 64.5 Å². The third kappa shape index (κ3) is 4.55. The molecule has 0 unspecified atom stereocenters. The standard InChI is InChI=1S/C27H36N4/c1-3-31(4-2)26-11-9-25(10-12-26)30-29-24-7-5-20(6-8-24)19-28-27-16-21-13-22(17-27)15-23(14-21)18-27/h5-12,21-23,28H,3-4,13-19H2,1-2H3. The maximum absolute atomic E-state index is 4.44. The van der Waals surface area contributed by atoms with E-state index in [1.807, 2.05) is 12.1 Å². The summed E-state index contributed by atoms with van der Waals surface area (Å²) in [5.41, 5.74) is 4.80. The predicted molar refractivity (Wildman–Crippen MR) is 128 cm³/mol. The zero-order valence-electron chi connectivity index (χ0n) is 19.1. The van der Waals surface area contributed by atoms with Gasteiger partial charge in [0.05, 0.1) is 11.4 Å².